The van der Waals surface area contributed by atoms with Gasteiger partial charge in [-0.05, 0) is 12.8 Å². The molecule has 0 rings (SSSR count). The summed E-state index contributed by atoms with van der Waals surface area (Å²) in [7, 11) is 2.81. The van der Waals surface area contributed by atoms with Crippen LogP contribution in [-0.2, 0) is 14.3 Å². The topological polar surface area (TPSA) is 64.6 Å². The van der Waals surface area contributed by atoms with Crippen LogP contribution in [0, 0.1) is 0 Å². The largest absolute Gasteiger partial charge is 0.469 e. The van der Waals surface area contributed by atoms with E-state index in [-0.39, 0.29) is 12.1 Å². The summed E-state index contributed by atoms with van der Waals surface area (Å²) < 4.78 is 9.08. The number of methoxy groups -OCH3 is 2. The van der Waals surface area contributed by atoms with Gasteiger partial charge in [-0.15, -0.1) is 0 Å². The first-order valence-corrected chi connectivity index (χ1v) is 7.59. The van der Waals surface area contributed by atoms with E-state index in [0.29, 0.717) is 13.0 Å². The molecule has 0 aromatic carbocycles. The Balaban J connectivity index is 3.06. The highest BCUT2D eigenvalue weighted by Crippen LogP contribution is 2.10. The highest BCUT2D eigenvalue weighted by Gasteiger charge is 1.99. The number of nitrogens with one attached hydrogen (secondary N) is 1. The second-order valence-corrected chi connectivity index (χ2v) is 4.93. The van der Waals surface area contributed by atoms with Crippen LogP contribution in [0.4, 0.5) is 4.79 Å². The fourth-order valence-electron chi connectivity index (χ4n) is 2.00. The molecule has 0 heterocycles. The number of esters is 1. The summed E-state index contributed by atoms with van der Waals surface area (Å²) in [5.41, 5.74) is 0. The molecule has 0 aliphatic carbocycles. The molecule has 0 unspecified atom stereocenters. The average molecular weight is 287 g/mol. The molecule has 0 aromatic heterocycles. The van der Waals surface area contributed by atoms with Gasteiger partial charge in [-0.1, -0.05) is 44.9 Å². The van der Waals surface area contributed by atoms with E-state index >= 15 is 0 Å². The van der Waals surface area contributed by atoms with E-state index in [1.54, 1.807) is 0 Å². The first-order valence-electron chi connectivity index (χ1n) is 7.59. The number of amides is 1. The van der Waals surface area contributed by atoms with Crippen LogP contribution in [0.2, 0.25) is 0 Å². The third-order valence-corrected chi connectivity index (χ3v) is 3.24. The van der Waals surface area contributed by atoms with E-state index < -0.39 is 0 Å². The van der Waals surface area contributed by atoms with Crippen molar-refractivity contribution >= 4 is 12.1 Å². The van der Waals surface area contributed by atoms with Gasteiger partial charge in [0.2, 0.25) is 0 Å². The molecular weight excluding hydrogens is 258 g/mol. The van der Waals surface area contributed by atoms with Crippen LogP contribution in [0.5, 0.6) is 0 Å². The minimum Gasteiger partial charge on any atom is -0.469 e. The highest BCUT2D eigenvalue weighted by atomic mass is 16.5. The van der Waals surface area contributed by atoms with Crippen molar-refractivity contribution in [3.63, 3.8) is 0 Å². The van der Waals surface area contributed by atoms with Crippen LogP contribution < -0.4 is 5.32 Å². The van der Waals surface area contributed by atoms with Crippen LogP contribution in [0.15, 0.2) is 0 Å². The van der Waals surface area contributed by atoms with E-state index in [1.807, 2.05) is 0 Å². The maximum absolute atomic E-state index is 10.9. The van der Waals surface area contributed by atoms with Gasteiger partial charge in [-0.25, -0.2) is 4.79 Å². The van der Waals surface area contributed by atoms with E-state index in [9.17, 15) is 9.59 Å². The van der Waals surface area contributed by atoms with E-state index in [0.717, 1.165) is 25.7 Å². The molecule has 0 aliphatic heterocycles. The molecule has 0 fully saturated rings. The number of carbonyl (C=O) groups is 2. The van der Waals surface area contributed by atoms with Gasteiger partial charge in [0.15, 0.2) is 0 Å². The van der Waals surface area contributed by atoms with Gasteiger partial charge >= 0.3 is 12.1 Å². The Morgan fingerprint density at radius 2 is 1.25 bits per heavy atom. The summed E-state index contributed by atoms with van der Waals surface area (Å²) in [6, 6.07) is 0. The van der Waals surface area contributed by atoms with Crippen molar-refractivity contribution in [1.29, 1.82) is 0 Å². The van der Waals surface area contributed by atoms with Crippen molar-refractivity contribution in [3.05, 3.63) is 0 Å². The second-order valence-electron chi connectivity index (χ2n) is 4.93. The Morgan fingerprint density at radius 3 is 1.75 bits per heavy atom. The lowest BCUT2D eigenvalue weighted by Gasteiger charge is -2.04. The van der Waals surface area contributed by atoms with Crippen molar-refractivity contribution in [2.45, 2.75) is 64.2 Å². The third-order valence-electron chi connectivity index (χ3n) is 3.24. The van der Waals surface area contributed by atoms with Crippen molar-refractivity contribution in [2.24, 2.45) is 0 Å². The summed E-state index contributed by atoms with van der Waals surface area (Å²) >= 11 is 0. The van der Waals surface area contributed by atoms with Gasteiger partial charge < -0.3 is 14.8 Å². The first-order chi connectivity index (χ1) is 9.70. The molecule has 0 aliphatic rings. The van der Waals surface area contributed by atoms with Gasteiger partial charge in [0, 0.05) is 13.0 Å². The number of alkyl carbamates (subject to hydrolysis) is 1. The van der Waals surface area contributed by atoms with Crippen LogP contribution in [0.3, 0.4) is 0 Å². The lowest BCUT2D eigenvalue weighted by atomic mass is 10.1. The Morgan fingerprint density at radius 1 is 0.750 bits per heavy atom. The average Bonchev–Trinajstić information content (AvgIpc) is 2.47. The standard InChI is InChI=1S/C15H29NO4/c1-19-14(17)12-10-8-6-4-3-5-7-9-11-13-16-15(18)20-2/h3-13H2,1-2H3,(H,16,18). The van der Waals surface area contributed by atoms with Crippen molar-refractivity contribution in [2.75, 3.05) is 20.8 Å². The molecule has 1 amide bonds. The molecule has 0 saturated carbocycles. The Bertz CT molecular complexity index is 230. The molecule has 118 valence electrons. The fraction of sp³-hybridized carbons (Fsp3) is 0.867. The lowest BCUT2D eigenvalue weighted by molar-refractivity contribution is -0.140. The van der Waals surface area contributed by atoms with Gasteiger partial charge in [0.25, 0.3) is 0 Å². The fourth-order valence-corrected chi connectivity index (χ4v) is 2.00. The number of rotatable bonds is 12. The molecule has 0 bridgehead atoms. The minimum atomic E-state index is -0.350. The maximum atomic E-state index is 10.9. The monoisotopic (exact) mass is 287 g/mol. The normalized spacial score (nSPS) is 10.1. The Kier molecular flexibility index (Phi) is 13.3. The van der Waals surface area contributed by atoms with Crippen LogP contribution in [-0.4, -0.2) is 32.8 Å². The van der Waals surface area contributed by atoms with Crippen molar-refractivity contribution < 1.29 is 19.1 Å². The number of unbranched alkanes of at least 4 members (excludes halogenated alkanes) is 8. The zero-order chi connectivity index (χ0) is 15.1. The van der Waals surface area contributed by atoms with Crippen molar-refractivity contribution in [3.8, 4) is 0 Å². The van der Waals surface area contributed by atoms with Gasteiger partial charge in [0.05, 0.1) is 14.2 Å². The predicted molar refractivity (Wildman–Crippen MR) is 78.6 cm³/mol. The Hall–Kier alpha value is -1.26. The molecule has 0 aromatic rings. The van der Waals surface area contributed by atoms with Crippen LogP contribution in [0.1, 0.15) is 64.2 Å². The number of hydrogen-bond donors (Lipinski definition) is 1. The Labute approximate surface area is 122 Å². The quantitative estimate of drug-likeness (QED) is 0.441. The maximum Gasteiger partial charge on any atom is 0.406 e. The minimum absolute atomic E-state index is 0.106. The number of hydrogen-bond acceptors (Lipinski definition) is 4. The molecule has 1 N–H and O–H groups in total. The summed E-state index contributed by atoms with van der Waals surface area (Å²) in [5.74, 6) is -0.106. The first kappa shape index (κ1) is 18.7. The molecule has 0 spiro atoms. The lowest BCUT2D eigenvalue weighted by Crippen LogP contribution is -2.23. The van der Waals surface area contributed by atoms with E-state index in [1.165, 1.54) is 46.3 Å². The number of carbonyl (C=O) groups excluding carboxylic acids is 2. The highest BCUT2D eigenvalue weighted by molar-refractivity contribution is 5.69. The summed E-state index contributed by atoms with van der Waals surface area (Å²) in [4.78, 5) is 21.6. The zero-order valence-electron chi connectivity index (χ0n) is 12.9. The SMILES string of the molecule is COC(=O)CCCCCCCCCCCNC(=O)OC. The van der Waals surface area contributed by atoms with E-state index in [2.05, 4.69) is 14.8 Å². The predicted octanol–water partition coefficient (Wildman–Crippen LogP) is 3.42. The molecule has 0 atom stereocenters. The van der Waals surface area contributed by atoms with Crippen molar-refractivity contribution in [1.82, 2.24) is 5.32 Å². The second kappa shape index (κ2) is 14.2. The summed E-state index contributed by atoms with van der Waals surface area (Å²) in [6.45, 7) is 0.695. The van der Waals surface area contributed by atoms with E-state index in [4.69, 9.17) is 0 Å². The molecular formula is C15H29NO4. The van der Waals surface area contributed by atoms with Crippen LogP contribution >= 0.6 is 0 Å². The zero-order valence-corrected chi connectivity index (χ0v) is 12.9. The smallest absolute Gasteiger partial charge is 0.406 e. The summed E-state index contributed by atoms with van der Waals surface area (Å²) in [6.07, 6.45) is 10.5. The number of ether oxygens (including phenoxy) is 2. The molecule has 0 radical (unpaired) electrons. The van der Waals surface area contributed by atoms with Gasteiger partial charge in [-0.2, -0.15) is 0 Å². The van der Waals surface area contributed by atoms with Gasteiger partial charge in [-0.3, -0.25) is 4.79 Å². The molecule has 5 nitrogen and oxygen atoms in total. The molecule has 5 heteroatoms. The van der Waals surface area contributed by atoms with Crippen LogP contribution in [0.25, 0.3) is 0 Å². The third kappa shape index (κ3) is 13.2. The van der Waals surface area contributed by atoms with Gasteiger partial charge in [0.1, 0.15) is 0 Å². The molecule has 20 heavy (non-hydrogen) atoms. The summed E-state index contributed by atoms with van der Waals surface area (Å²) in [5, 5.41) is 2.67. The molecule has 0 saturated heterocycles.